The maximum Gasteiger partial charge on any atom is 0.273 e. The Morgan fingerprint density at radius 1 is 0.857 bits per heavy atom. The second kappa shape index (κ2) is 12.6. The first kappa shape index (κ1) is 16.0. The summed E-state index contributed by atoms with van der Waals surface area (Å²) < 4.78 is 0. The van der Waals surface area contributed by atoms with E-state index in [1.165, 1.54) is 0 Å². The molecule has 1 heterocycles. The topological polar surface area (TPSA) is 110 Å². The number of piperazine rings is 1. The summed E-state index contributed by atoms with van der Waals surface area (Å²) in [4.78, 5) is 18.2. The molecule has 0 aromatic heterocycles. The highest BCUT2D eigenvalue weighted by atomic mass is 32.1. The third kappa shape index (κ3) is 41.7. The van der Waals surface area contributed by atoms with Crippen molar-refractivity contribution in [3.05, 3.63) is 0 Å². The minimum absolute atomic E-state index is 0.639. The Balaban J connectivity index is 0. The molecule has 8 heteroatoms. The van der Waals surface area contributed by atoms with E-state index in [-0.39, 0.29) is 0 Å². The van der Waals surface area contributed by atoms with Crippen LogP contribution in [0.3, 0.4) is 0 Å². The number of nitrogens with two attached hydrogens (primary N) is 2. The van der Waals surface area contributed by atoms with E-state index in [1.807, 2.05) is 0 Å². The van der Waals surface area contributed by atoms with Crippen LogP contribution in [0.25, 0.3) is 0 Å². The molecule has 1 rings (SSSR count). The fourth-order valence-electron chi connectivity index (χ4n) is 0.604. The quantitative estimate of drug-likeness (QED) is 0.310. The second-order valence-corrected chi connectivity index (χ2v) is 3.06. The van der Waals surface area contributed by atoms with Gasteiger partial charge < -0.3 is 22.1 Å². The van der Waals surface area contributed by atoms with E-state index in [9.17, 15) is 0 Å². The van der Waals surface area contributed by atoms with Gasteiger partial charge in [0.2, 0.25) is 0 Å². The van der Waals surface area contributed by atoms with Crippen molar-refractivity contribution >= 4 is 35.7 Å². The van der Waals surface area contributed by atoms with Crippen molar-refractivity contribution in [3.8, 4) is 0 Å². The largest absolute Gasteiger partial charge is 0.361 e. The highest BCUT2D eigenvalue weighted by Gasteiger charge is 1.91. The lowest BCUT2D eigenvalue weighted by atomic mass is 10.4. The molecular formula is C6H16N4O2S2. The lowest BCUT2D eigenvalue weighted by Crippen LogP contribution is -2.39. The van der Waals surface area contributed by atoms with Gasteiger partial charge in [0.05, 0.1) is 0 Å². The van der Waals surface area contributed by atoms with Gasteiger partial charge in [0.1, 0.15) is 0 Å². The van der Waals surface area contributed by atoms with Crippen LogP contribution < -0.4 is 22.1 Å². The van der Waals surface area contributed by atoms with Crippen LogP contribution in [0.15, 0.2) is 0 Å². The Kier molecular flexibility index (Phi) is 14.4. The van der Waals surface area contributed by atoms with Gasteiger partial charge in [-0.15, -0.1) is 0 Å². The third-order valence-electron chi connectivity index (χ3n) is 0.957. The number of thiol groups is 2. The van der Waals surface area contributed by atoms with Gasteiger partial charge in [-0.25, -0.2) is 0 Å². The molecule has 84 valence electrons. The Labute approximate surface area is 94.0 Å². The lowest BCUT2D eigenvalue weighted by molar-refractivity contribution is 0.266. The van der Waals surface area contributed by atoms with Crippen LogP contribution in [-0.2, 0) is 0 Å². The number of carbonyl (C=O) groups is 2. The number of amides is 2. The molecule has 6 nitrogen and oxygen atoms in total. The van der Waals surface area contributed by atoms with Gasteiger partial charge in [0, 0.05) is 26.2 Å². The maximum atomic E-state index is 9.09. The monoisotopic (exact) mass is 240 g/mol. The first-order chi connectivity index (χ1) is 6.46. The summed E-state index contributed by atoms with van der Waals surface area (Å²) in [7, 11) is 0. The van der Waals surface area contributed by atoms with Crippen molar-refractivity contribution in [2.24, 2.45) is 11.5 Å². The van der Waals surface area contributed by atoms with Crippen molar-refractivity contribution in [3.63, 3.8) is 0 Å². The zero-order valence-electron chi connectivity index (χ0n) is 7.69. The third-order valence-corrected chi connectivity index (χ3v) is 0.957. The van der Waals surface area contributed by atoms with Gasteiger partial charge in [-0.05, 0) is 0 Å². The van der Waals surface area contributed by atoms with Crippen molar-refractivity contribution in [2.45, 2.75) is 0 Å². The summed E-state index contributed by atoms with van der Waals surface area (Å²) in [6.07, 6.45) is 0. The molecule has 0 aromatic carbocycles. The fourth-order valence-corrected chi connectivity index (χ4v) is 0.604. The minimum Gasteiger partial charge on any atom is -0.361 e. The summed E-state index contributed by atoms with van der Waals surface area (Å²) in [5, 5.41) is 5.17. The standard InChI is InChI=1S/C4H10N2.2CH3NOS/c1-2-6-4-3-5-1;2*2-1(3)4/h5-6H,1-4H2;2*(H3,2,3,4). The van der Waals surface area contributed by atoms with Crippen molar-refractivity contribution < 1.29 is 9.59 Å². The van der Waals surface area contributed by atoms with Crippen LogP contribution in [0.4, 0.5) is 9.59 Å². The zero-order valence-corrected chi connectivity index (χ0v) is 9.48. The lowest BCUT2D eigenvalue weighted by Gasteiger charge is -2.11. The molecule has 0 saturated carbocycles. The van der Waals surface area contributed by atoms with E-state index in [0.29, 0.717) is 0 Å². The van der Waals surface area contributed by atoms with E-state index < -0.39 is 10.5 Å². The molecule has 1 aliphatic heterocycles. The van der Waals surface area contributed by atoms with Crippen LogP contribution in [-0.4, -0.2) is 36.7 Å². The summed E-state index contributed by atoms with van der Waals surface area (Å²) in [6.45, 7) is 4.56. The van der Waals surface area contributed by atoms with Crippen LogP contribution in [0.5, 0.6) is 0 Å². The van der Waals surface area contributed by atoms with Gasteiger partial charge in [0.15, 0.2) is 0 Å². The molecule has 1 saturated heterocycles. The molecule has 0 spiro atoms. The Bertz CT molecular complexity index is 132. The molecule has 0 unspecified atom stereocenters. The Morgan fingerprint density at radius 2 is 1.00 bits per heavy atom. The highest BCUT2D eigenvalue weighted by molar-refractivity contribution is 7.96. The summed E-state index contributed by atoms with van der Waals surface area (Å²) in [6, 6.07) is 0. The molecule has 1 fully saturated rings. The number of carbonyl (C=O) groups excluding carboxylic acids is 2. The molecule has 0 bridgehead atoms. The van der Waals surface area contributed by atoms with E-state index in [4.69, 9.17) is 9.59 Å². The van der Waals surface area contributed by atoms with Crippen LogP contribution >= 0.6 is 25.3 Å². The average Bonchev–Trinajstić information content (AvgIpc) is 2.05. The molecule has 6 N–H and O–H groups in total. The number of primary amides is 2. The normalized spacial score (nSPS) is 13.9. The SMILES string of the molecule is C1CNCCN1.NC(=O)S.NC(=O)S. The first-order valence-corrected chi connectivity index (χ1v) is 4.74. The predicted octanol–water partition coefficient (Wildman–Crippen LogP) is -0.831. The van der Waals surface area contributed by atoms with Crippen LogP contribution in [0.1, 0.15) is 0 Å². The van der Waals surface area contributed by atoms with Crippen molar-refractivity contribution in [1.82, 2.24) is 10.6 Å². The number of hydrogen-bond donors (Lipinski definition) is 6. The summed E-state index contributed by atoms with van der Waals surface area (Å²) in [5.74, 6) is 0. The van der Waals surface area contributed by atoms with Gasteiger partial charge in [-0.2, -0.15) is 0 Å². The molecule has 0 atom stereocenters. The summed E-state index contributed by atoms with van der Waals surface area (Å²) in [5.41, 5.74) is 8.67. The Hall–Kier alpha value is -0.440. The van der Waals surface area contributed by atoms with Gasteiger partial charge in [0.25, 0.3) is 10.5 Å². The van der Waals surface area contributed by atoms with Gasteiger partial charge in [-0.3, -0.25) is 9.59 Å². The highest BCUT2D eigenvalue weighted by Crippen LogP contribution is 1.65. The minimum atomic E-state index is -0.639. The molecule has 1 aliphatic rings. The van der Waals surface area contributed by atoms with E-state index in [0.717, 1.165) is 26.2 Å². The zero-order chi connectivity index (χ0) is 11.4. The van der Waals surface area contributed by atoms with Gasteiger partial charge in [-0.1, -0.05) is 25.3 Å². The molecule has 0 radical (unpaired) electrons. The molecule has 14 heavy (non-hydrogen) atoms. The number of nitrogens with one attached hydrogen (secondary N) is 2. The number of rotatable bonds is 0. The summed E-state index contributed by atoms with van der Waals surface area (Å²) >= 11 is 6.21. The van der Waals surface area contributed by atoms with Crippen LogP contribution in [0.2, 0.25) is 0 Å². The second-order valence-electron chi connectivity index (χ2n) is 2.18. The average molecular weight is 240 g/mol. The molecule has 0 aliphatic carbocycles. The molecular weight excluding hydrogens is 224 g/mol. The van der Waals surface area contributed by atoms with Crippen LogP contribution in [0, 0.1) is 0 Å². The molecule has 2 amide bonds. The van der Waals surface area contributed by atoms with Gasteiger partial charge >= 0.3 is 0 Å². The Morgan fingerprint density at radius 3 is 1.07 bits per heavy atom. The first-order valence-electron chi connectivity index (χ1n) is 3.85. The van der Waals surface area contributed by atoms with Crippen molar-refractivity contribution in [1.29, 1.82) is 0 Å². The van der Waals surface area contributed by atoms with E-state index in [1.54, 1.807) is 0 Å². The smallest absolute Gasteiger partial charge is 0.273 e. The van der Waals surface area contributed by atoms with E-state index in [2.05, 4.69) is 47.4 Å². The predicted molar refractivity (Wildman–Crippen MR) is 62.9 cm³/mol. The molecule has 0 aromatic rings. The van der Waals surface area contributed by atoms with E-state index >= 15 is 0 Å². The maximum absolute atomic E-state index is 9.09. The number of hydrogen-bond acceptors (Lipinski definition) is 4. The van der Waals surface area contributed by atoms with Crippen molar-refractivity contribution in [2.75, 3.05) is 26.2 Å². The fraction of sp³-hybridized carbons (Fsp3) is 0.667.